The van der Waals surface area contributed by atoms with E-state index in [2.05, 4.69) is 23.9 Å². The fourth-order valence-electron chi connectivity index (χ4n) is 1.46. The smallest absolute Gasteiger partial charge is 0.153 e. The van der Waals surface area contributed by atoms with Crippen molar-refractivity contribution in [2.45, 2.75) is 20.3 Å². The van der Waals surface area contributed by atoms with Crippen LogP contribution in [0.1, 0.15) is 19.5 Å². The SMILES string of the molecule is CC(C)Cc1cn2nc(N)ccc2n1. The van der Waals surface area contributed by atoms with Crippen molar-refractivity contribution < 1.29 is 0 Å². The second-order valence-electron chi connectivity index (χ2n) is 3.89. The summed E-state index contributed by atoms with van der Waals surface area (Å²) in [5.74, 6) is 1.13. The molecule has 4 heteroatoms. The summed E-state index contributed by atoms with van der Waals surface area (Å²) in [5, 5.41) is 4.14. The van der Waals surface area contributed by atoms with Gasteiger partial charge in [-0.25, -0.2) is 9.50 Å². The lowest BCUT2D eigenvalue weighted by Crippen LogP contribution is -1.95. The normalized spacial score (nSPS) is 11.4. The highest BCUT2D eigenvalue weighted by molar-refractivity contribution is 5.42. The molecule has 2 aromatic heterocycles. The third-order valence-electron chi connectivity index (χ3n) is 2.01. The fourth-order valence-corrected chi connectivity index (χ4v) is 1.46. The van der Waals surface area contributed by atoms with Crippen LogP contribution in [0.25, 0.3) is 5.65 Å². The molecule has 14 heavy (non-hydrogen) atoms. The zero-order valence-corrected chi connectivity index (χ0v) is 8.44. The standard InChI is InChI=1S/C10H14N4/c1-7(2)5-8-6-14-10(12-8)4-3-9(11)13-14/h3-4,6-7H,5H2,1-2H3,(H2,11,13). The van der Waals surface area contributed by atoms with E-state index in [1.807, 2.05) is 12.3 Å². The molecule has 0 saturated carbocycles. The lowest BCUT2D eigenvalue weighted by atomic mass is 10.1. The Bertz CT molecular complexity index is 444. The van der Waals surface area contributed by atoms with Crippen molar-refractivity contribution in [3.8, 4) is 0 Å². The van der Waals surface area contributed by atoms with Gasteiger partial charge in [0.25, 0.3) is 0 Å². The molecule has 2 N–H and O–H groups in total. The van der Waals surface area contributed by atoms with Crippen LogP contribution in [0.4, 0.5) is 5.82 Å². The van der Waals surface area contributed by atoms with Gasteiger partial charge >= 0.3 is 0 Å². The monoisotopic (exact) mass is 190 g/mol. The number of aromatic nitrogens is 3. The Morgan fingerprint density at radius 1 is 1.43 bits per heavy atom. The second kappa shape index (κ2) is 3.29. The molecule has 0 aromatic carbocycles. The predicted octanol–water partition coefficient (Wildman–Crippen LogP) is 1.51. The van der Waals surface area contributed by atoms with Gasteiger partial charge in [0.15, 0.2) is 5.65 Å². The van der Waals surface area contributed by atoms with E-state index in [9.17, 15) is 0 Å². The van der Waals surface area contributed by atoms with Crippen LogP contribution in [0.5, 0.6) is 0 Å². The molecule has 2 heterocycles. The van der Waals surface area contributed by atoms with Crippen LogP contribution in [-0.2, 0) is 6.42 Å². The number of nitrogens with zero attached hydrogens (tertiary/aromatic N) is 3. The number of fused-ring (bicyclic) bond motifs is 1. The lowest BCUT2D eigenvalue weighted by Gasteiger charge is -1.97. The van der Waals surface area contributed by atoms with Crippen LogP contribution in [0.3, 0.4) is 0 Å². The number of hydrogen-bond donors (Lipinski definition) is 1. The molecule has 0 fully saturated rings. The zero-order chi connectivity index (χ0) is 10.1. The van der Waals surface area contributed by atoms with Crippen molar-refractivity contribution in [1.82, 2.24) is 14.6 Å². The van der Waals surface area contributed by atoms with Crippen LogP contribution < -0.4 is 5.73 Å². The van der Waals surface area contributed by atoms with Crippen molar-refractivity contribution in [3.05, 3.63) is 24.0 Å². The highest BCUT2D eigenvalue weighted by atomic mass is 15.3. The van der Waals surface area contributed by atoms with Crippen molar-refractivity contribution in [2.75, 3.05) is 5.73 Å². The zero-order valence-electron chi connectivity index (χ0n) is 8.44. The van der Waals surface area contributed by atoms with E-state index in [1.165, 1.54) is 0 Å². The Morgan fingerprint density at radius 2 is 2.21 bits per heavy atom. The largest absolute Gasteiger partial charge is 0.382 e. The van der Waals surface area contributed by atoms with Gasteiger partial charge in [-0.15, -0.1) is 5.10 Å². The van der Waals surface area contributed by atoms with Gasteiger partial charge in [-0.2, -0.15) is 0 Å². The molecule has 0 bridgehead atoms. The van der Waals surface area contributed by atoms with Crippen LogP contribution >= 0.6 is 0 Å². The number of rotatable bonds is 2. The Hall–Kier alpha value is -1.58. The van der Waals surface area contributed by atoms with E-state index in [4.69, 9.17) is 5.73 Å². The number of anilines is 1. The first-order chi connectivity index (χ1) is 6.65. The first kappa shape index (κ1) is 8.99. The molecule has 0 radical (unpaired) electrons. The summed E-state index contributed by atoms with van der Waals surface area (Å²) in [6.07, 6.45) is 2.91. The van der Waals surface area contributed by atoms with E-state index in [0.29, 0.717) is 11.7 Å². The maximum atomic E-state index is 5.57. The second-order valence-corrected chi connectivity index (χ2v) is 3.89. The molecule has 2 rings (SSSR count). The Labute approximate surface area is 82.8 Å². The van der Waals surface area contributed by atoms with Gasteiger partial charge in [0.05, 0.1) is 11.9 Å². The van der Waals surface area contributed by atoms with E-state index >= 15 is 0 Å². The Morgan fingerprint density at radius 3 is 2.93 bits per heavy atom. The number of nitrogens with two attached hydrogens (primary N) is 1. The summed E-state index contributed by atoms with van der Waals surface area (Å²) >= 11 is 0. The molecule has 0 atom stereocenters. The highest BCUT2D eigenvalue weighted by Gasteiger charge is 2.04. The van der Waals surface area contributed by atoms with Gasteiger partial charge in [-0.05, 0) is 24.5 Å². The van der Waals surface area contributed by atoms with Crippen LogP contribution in [0.15, 0.2) is 18.3 Å². The Balaban J connectivity index is 2.41. The number of nitrogen functional groups attached to an aromatic ring is 1. The molecular weight excluding hydrogens is 176 g/mol. The summed E-state index contributed by atoms with van der Waals surface area (Å²) < 4.78 is 1.73. The molecule has 0 saturated heterocycles. The van der Waals surface area contributed by atoms with Crippen LogP contribution in [-0.4, -0.2) is 14.6 Å². The summed E-state index contributed by atoms with van der Waals surface area (Å²) in [7, 11) is 0. The van der Waals surface area contributed by atoms with E-state index in [0.717, 1.165) is 17.8 Å². The van der Waals surface area contributed by atoms with Gasteiger partial charge in [-0.1, -0.05) is 13.8 Å². The van der Waals surface area contributed by atoms with Crippen LogP contribution in [0, 0.1) is 5.92 Å². The first-order valence-electron chi connectivity index (χ1n) is 4.76. The maximum Gasteiger partial charge on any atom is 0.153 e. The number of imidazole rings is 1. The summed E-state index contributed by atoms with van der Waals surface area (Å²) in [6, 6.07) is 3.65. The highest BCUT2D eigenvalue weighted by Crippen LogP contribution is 2.09. The van der Waals surface area contributed by atoms with Crippen molar-refractivity contribution in [3.63, 3.8) is 0 Å². The molecule has 0 spiro atoms. The topological polar surface area (TPSA) is 56.2 Å². The molecule has 2 aromatic rings. The summed E-state index contributed by atoms with van der Waals surface area (Å²) in [4.78, 5) is 4.44. The van der Waals surface area contributed by atoms with Gasteiger partial charge in [-0.3, -0.25) is 0 Å². The number of hydrogen-bond acceptors (Lipinski definition) is 3. The summed E-state index contributed by atoms with van der Waals surface area (Å²) in [6.45, 7) is 4.34. The first-order valence-corrected chi connectivity index (χ1v) is 4.76. The maximum absolute atomic E-state index is 5.57. The van der Waals surface area contributed by atoms with Gasteiger partial charge in [0, 0.05) is 0 Å². The molecule has 0 aliphatic carbocycles. The molecule has 0 amide bonds. The minimum Gasteiger partial charge on any atom is -0.382 e. The quantitative estimate of drug-likeness (QED) is 0.781. The summed E-state index contributed by atoms with van der Waals surface area (Å²) in [5.41, 5.74) is 7.50. The molecule has 0 unspecified atom stereocenters. The van der Waals surface area contributed by atoms with Crippen molar-refractivity contribution in [2.24, 2.45) is 5.92 Å². The average molecular weight is 190 g/mol. The van der Waals surface area contributed by atoms with Crippen molar-refractivity contribution in [1.29, 1.82) is 0 Å². The third-order valence-corrected chi connectivity index (χ3v) is 2.01. The van der Waals surface area contributed by atoms with Gasteiger partial charge in [0.2, 0.25) is 0 Å². The van der Waals surface area contributed by atoms with E-state index < -0.39 is 0 Å². The minimum absolute atomic E-state index is 0.519. The molecule has 4 nitrogen and oxygen atoms in total. The van der Waals surface area contributed by atoms with Crippen molar-refractivity contribution >= 4 is 11.5 Å². The third kappa shape index (κ3) is 1.69. The average Bonchev–Trinajstić information content (AvgIpc) is 2.44. The molecule has 0 aliphatic rings. The van der Waals surface area contributed by atoms with E-state index in [-0.39, 0.29) is 0 Å². The van der Waals surface area contributed by atoms with Gasteiger partial charge in [0.1, 0.15) is 5.82 Å². The molecule has 0 aliphatic heterocycles. The van der Waals surface area contributed by atoms with Gasteiger partial charge < -0.3 is 5.73 Å². The fraction of sp³-hybridized carbons (Fsp3) is 0.400. The molecular formula is C10H14N4. The minimum atomic E-state index is 0.519. The molecule has 74 valence electrons. The predicted molar refractivity (Wildman–Crippen MR) is 55.9 cm³/mol. The Kier molecular flexibility index (Phi) is 2.11. The van der Waals surface area contributed by atoms with E-state index in [1.54, 1.807) is 10.6 Å². The lowest BCUT2D eigenvalue weighted by molar-refractivity contribution is 0.637. The van der Waals surface area contributed by atoms with Crippen LogP contribution in [0.2, 0.25) is 0 Å².